The van der Waals surface area contributed by atoms with Crippen LogP contribution in [0, 0.1) is 0 Å². The van der Waals surface area contributed by atoms with Gasteiger partial charge in [0.15, 0.2) is 0 Å². The highest BCUT2D eigenvalue weighted by Gasteiger charge is 2.29. The SMILES string of the molecule is CC1CN(CCNC(=O)C(C)(C)c2ccccc2)CC(C)O1. The third-order valence-electron chi connectivity index (χ3n) is 4.27. The van der Waals surface area contributed by atoms with E-state index in [1.165, 1.54) is 0 Å². The van der Waals surface area contributed by atoms with Crippen LogP contribution in [0.25, 0.3) is 0 Å². The fourth-order valence-corrected chi connectivity index (χ4v) is 3.00. The first-order chi connectivity index (χ1) is 10.4. The van der Waals surface area contributed by atoms with Crippen molar-refractivity contribution in [2.45, 2.75) is 45.3 Å². The Morgan fingerprint density at radius 3 is 2.41 bits per heavy atom. The Morgan fingerprint density at radius 1 is 1.23 bits per heavy atom. The maximum atomic E-state index is 12.5. The van der Waals surface area contributed by atoms with E-state index < -0.39 is 5.41 Å². The molecule has 1 amide bonds. The molecule has 1 saturated heterocycles. The number of carbonyl (C=O) groups is 1. The number of rotatable bonds is 5. The van der Waals surface area contributed by atoms with Crippen LogP contribution in [-0.4, -0.2) is 49.2 Å². The van der Waals surface area contributed by atoms with Crippen LogP contribution in [0.1, 0.15) is 33.3 Å². The van der Waals surface area contributed by atoms with Crippen molar-refractivity contribution in [2.75, 3.05) is 26.2 Å². The summed E-state index contributed by atoms with van der Waals surface area (Å²) < 4.78 is 5.73. The zero-order valence-corrected chi connectivity index (χ0v) is 14.1. The monoisotopic (exact) mass is 304 g/mol. The van der Waals surface area contributed by atoms with E-state index in [-0.39, 0.29) is 18.1 Å². The third kappa shape index (κ3) is 4.31. The first-order valence-corrected chi connectivity index (χ1v) is 8.11. The Kier molecular flexibility index (Phi) is 5.59. The van der Waals surface area contributed by atoms with Crippen LogP contribution in [0.5, 0.6) is 0 Å². The van der Waals surface area contributed by atoms with Crippen molar-refractivity contribution in [1.82, 2.24) is 10.2 Å². The van der Waals surface area contributed by atoms with E-state index in [0.29, 0.717) is 6.54 Å². The molecule has 1 aromatic rings. The zero-order valence-electron chi connectivity index (χ0n) is 14.1. The summed E-state index contributed by atoms with van der Waals surface area (Å²) >= 11 is 0. The van der Waals surface area contributed by atoms with Crippen LogP contribution in [0.4, 0.5) is 0 Å². The van der Waals surface area contributed by atoms with Crippen LogP contribution in [0.2, 0.25) is 0 Å². The summed E-state index contributed by atoms with van der Waals surface area (Å²) in [6.07, 6.45) is 0.528. The van der Waals surface area contributed by atoms with Gasteiger partial charge in [-0.15, -0.1) is 0 Å². The summed E-state index contributed by atoms with van der Waals surface area (Å²) in [7, 11) is 0. The highest BCUT2D eigenvalue weighted by Crippen LogP contribution is 2.22. The van der Waals surface area contributed by atoms with Crippen molar-refractivity contribution in [3.8, 4) is 0 Å². The summed E-state index contributed by atoms with van der Waals surface area (Å²) in [6.45, 7) is 11.5. The van der Waals surface area contributed by atoms with Gasteiger partial charge in [0.1, 0.15) is 0 Å². The van der Waals surface area contributed by atoms with Crippen LogP contribution in [0.15, 0.2) is 30.3 Å². The van der Waals surface area contributed by atoms with Gasteiger partial charge in [-0.3, -0.25) is 9.69 Å². The molecule has 4 heteroatoms. The minimum Gasteiger partial charge on any atom is -0.373 e. The Hall–Kier alpha value is -1.39. The maximum Gasteiger partial charge on any atom is 0.230 e. The molecule has 1 aliphatic rings. The standard InChI is InChI=1S/C18H28N2O2/c1-14-12-20(13-15(2)22-14)11-10-19-17(21)18(3,4)16-8-6-5-7-9-16/h5-9,14-15H,10-13H2,1-4H3,(H,19,21). The van der Waals surface area contributed by atoms with Crippen molar-refractivity contribution < 1.29 is 9.53 Å². The molecule has 0 aromatic heterocycles. The number of hydrogen-bond donors (Lipinski definition) is 1. The average Bonchev–Trinajstić information content (AvgIpc) is 2.47. The molecule has 1 aromatic carbocycles. The Balaban J connectivity index is 1.82. The Bertz CT molecular complexity index is 477. The lowest BCUT2D eigenvalue weighted by Crippen LogP contribution is -2.49. The van der Waals surface area contributed by atoms with E-state index >= 15 is 0 Å². The topological polar surface area (TPSA) is 41.6 Å². The molecule has 22 heavy (non-hydrogen) atoms. The molecular weight excluding hydrogens is 276 g/mol. The number of ether oxygens (including phenoxy) is 1. The van der Waals surface area contributed by atoms with Crippen LogP contribution in [0.3, 0.4) is 0 Å². The smallest absolute Gasteiger partial charge is 0.230 e. The second kappa shape index (κ2) is 7.25. The number of benzene rings is 1. The molecular formula is C18H28N2O2. The summed E-state index contributed by atoms with van der Waals surface area (Å²) in [4.78, 5) is 14.8. The molecule has 0 spiro atoms. The summed E-state index contributed by atoms with van der Waals surface area (Å²) in [5, 5.41) is 3.08. The molecule has 0 aliphatic carbocycles. The molecule has 122 valence electrons. The van der Waals surface area contributed by atoms with E-state index in [1.54, 1.807) is 0 Å². The Labute approximate surface area is 133 Å². The first kappa shape index (κ1) is 17.0. The van der Waals surface area contributed by atoms with Crippen molar-refractivity contribution in [1.29, 1.82) is 0 Å². The fourth-order valence-electron chi connectivity index (χ4n) is 3.00. The van der Waals surface area contributed by atoms with E-state index in [4.69, 9.17) is 4.74 Å². The second-order valence-electron chi connectivity index (χ2n) is 6.76. The molecule has 0 bridgehead atoms. The number of hydrogen-bond acceptors (Lipinski definition) is 3. The lowest BCUT2D eigenvalue weighted by Gasteiger charge is -2.35. The van der Waals surface area contributed by atoms with E-state index in [9.17, 15) is 4.79 Å². The van der Waals surface area contributed by atoms with Crippen LogP contribution < -0.4 is 5.32 Å². The minimum atomic E-state index is -0.507. The third-order valence-corrected chi connectivity index (χ3v) is 4.27. The highest BCUT2D eigenvalue weighted by molar-refractivity contribution is 5.87. The molecule has 0 radical (unpaired) electrons. The molecule has 0 saturated carbocycles. The fraction of sp³-hybridized carbons (Fsp3) is 0.611. The van der Waals surface area contributed by atoms with Gasteiger partial charge in [0, 0.05) is 26.2 Å². The van der Waals surface area contributed by atoms with Gasteiger partial charge in [0.05, 0.1) is 17.6 Å². The lowest BCUT2D eigenvalue weighted by molar-refractivity contribution is -0.125. The van der Waals surface area contributed by atoms with Gasteiger partial charge in [0.25, 0.3) is 0 Å². The molecule has 2 unspecified atom stereocenters. The minimum absolute atomic E-state index is 0.0769. The zero-order chi connectivity index (χ0) is 16.2. The van der Waals surface area contributed by atoms with E-state index in [1.807, 2.05) is 44.2 Å². The Morgan fingerprint density at radius 2 is 1.82 bits per heavy atom. The predicted molar refractivity (Wildman–Crippen MR) is 88.9 cm³/mol. The maximum absolute atomic E-state index is 12.5. The van der Waals surface area contributed by atoms with Gasteiger partial charge in [0.2, 0.25) is 5.91 Å². The molecule has 2 rings (SSSR count). The van der Waals surface area contributed by atoms with Crippen molar-refractivity contribution >= 4 is 5.91 Å². The average molecular weight is 304 g/mol. The lowest BCUT2D eigenvalue weighted by atomic mass is 9.84. The number of morpholine rings is 1. The van der Waals surface area contributed by atoms with Crippen LogP contribution in [-0.2, 0) is 14.9 Å². The molecule has 1 fully saturated rings. The van der Waals surface area contributed by atoms with E-state index in [2.05, 4.69) is 24.1 Å². The second-order valence-corrected chi connectivity index (χ2v) is 6.76. The molecule has 4 nitrogen and oxygen atoms in total. The van der Waals surface area contributed by atoms with Crippen molar-refractivity contribution in [3.05, 3.63) is 35.9 Å². The van der Waals surface area contributed by atoms with Gasteiger partial charge in [-0.25, -0.2) is 0 Å². The van der Waals surface area contributed by atoms with Crippen LogP contribution >= 0.6 is 0 Å². The number of nitrogens with zero attached hydrogens (tertiary/aromatic N) is 1. The number of carbonyl (C=O) groups excluding carboxylic acids is 1. The van der Waals surface area contributed by atoms with Gasteiger partial charge >= 0.3 is 0 Å². The highest BCUT2D eigenvalue weighted by atomic mass is 16.5. The molecule has 1 heterocycles. The summed E-state index contributed by atoms with van der Waals surface area (Å²) in [6, 6.07) is 9.93. The van der Waals surface area contributed by atoms with Gasteiger partial charge in [-0.2, -0.15) is 0 Å². The number of nitrogens with one attached hydrogen (secondary N) is 1. The quantitative estimate of drug-likeness (QED) is 0.906. The van der Waals surface area contributed by atoms with Gasteiger partial charge in [-0.05, 0) is 33.3 Å². The van der Waals surface area contributed by atoms with Crippen molar-refractivity contribution in [3.63, 3.8) is 0 Å². The number of amides is 1. The van der Waals surface area contributed by atoms with E-state index in [0.717, 1.165) is 25.2 Å². The summed E-state index contributed by atoms with van der Waals surface area (Å²) in [5.41, 5.74) is 0.536. The molecule has 1 N–H and O–H groups in total. The molecule has 1 aliphatic heterocycles. The normalized spacial score (nSPS) is 23.3. The van der Waals surface area contributed by atoms with Gasteiger partial charge < -0.3 is 10.1 Å². The van der Waals surface area contributed by atoms with Crippen molar-refractivity contribution in [2.24, 2.45) is 0 Å². The first-order valence-electron chi connectivity index (χ1n) is 8.11. The van der Waals surface area contributed by atoms with Gasteiger partial charge in [-0.1, -0.05) is 30.3 Å². The molecule has 2 atom stereocenters. The summed E-state index contributed by atoms with van der Waals surface area (Å²) in [5.74, 6) is 0.0769. The largest absolute Gasteiger partial charge is 0.373 e. The predicted octanol–water partition coefficient (Wildman–Crippen LogP) is 2.19.